The quantitative estimate of drug-likeness (QED) is 0.526. The van der Waals surface area contributed by atoms with E-state index in [2.05, 4.69) is 32.4 Å². The third kappa shape index (κ3) is 4.66. The number of aromatic nitrogens is 2. The fraction of sp³-hybridized carbons (Fsp3) is 0.385. The maximum atomic E-state index is 13.3. The number of carbonyl (C=O) groups is 2. The molecule has 0 bridgehead atoms. The van der Waals surface area contributed by atoms with Crippen LogP contribution in [-0.2, 0) is 11.2 Å². The van der Waals surface area contributed by atoms with Gasteiger partial charge in [0.1, 0.15) is 15.6 Å². The van der Waals surface area contributed by atoms with Gasteiger partial charge >= 0.3 is 0 Å². The summed E-state index contributed by atoms with van der Waals surface area (Å²) < 4.78 is 0. The van der Waals surface area contributed by atoms with E-state index >= 15 is 0 Å². The van der Waals surface area contributed by atoms with Crippen LogP contribution in [0.5, 0.6) is 0 Å². The highest BCUT2D eigenvalue weighted by atomic mass is 32.1. The zero-order valence-electron chi connectivity index (χ0n) is 19.6. The van der Waals surface area contributed by atoms with Crippen molar-refractivity contribution in [3.8, 4) is 10.6 Å². The number of rotatable bonds is 7. The molecule has 1 aliphatic heterocycles. The first kappa shape index (κ1) is 22.8. The average Bonchev–Trinajstić information content (AvgIpc) is 3.53. The number of carbonyl (C=O) groups excluding carboxylic acids is 2. The lowest BCUT2D eigenvalue weighted by Crippen LogP contribution is -2.54. The molecule has 7 nitrogen and oxygen atoms in total. The third-order valence-corrected chi connectivity index (χ3v) is 7.83. The topological polar surface area (TPSA) is 78.4 Å². The van der Waals surface area contributed by atoms with Crippen molar-refractivity contribution in [3.63, 3.8) is 0 Å². The van der Waals surface area contributed by atoms with E-state index in [4.69, 9.17) is 0 Å². The molecule has 5 rings (SSSR count). The Morgan fingerprint density at radius 1 is 1.03 bits per heavy atom. The molecule has 1 amide bonds. The molecule has 8 heteroatoms. The summed E-state index contributed by atoms with van der Waals surface area (Å²) in [6, 6.07) is 15.4. The molecule has 2 aliphatic rings. The molecule has 0 unspecified atom stereocenters. The lowest BCUT2D eigenvalue weighted by molar-refractivity contribution is -0.123. The molecular weight excluding hydrogens is 446 g/mol. The lowest BCUT2D eigenvalue weighted by Gasteiger charge is -2.37. The third-order valence-electron chi connectivity index (χ3n) is 6.86. The van der Waals surface area contributed by atoms with E-state index in [0.717, 1.165) is 55.2 Å². The van der Waals surface area contributed by atoms with E-state index in [9.17, 15) is 9.59 Å². The molecule has 1 aliphatic carbocycles. The van der Waals surface area contributed by atoms with Crippen LogP contribution in [0.15, 0.2) is 48.5 Å². The van der Waals surface area contributed by atoms with Crippen molar-refractivity contribution in [2.24, 2.45) is 0 Å². The predicted octanol–water partition coefficient (Wildman–Crippen LogP) is 3.66. The fourth-order valence-corrected chi connectivity index (χ4v) is 5.31. The number of amides is 1. The van der Waals surface area contributed by atoms with Gasteiger partial charge in [-0.1, -0.05) is 53.8 Å². The molecule has 0 atom stereocenters. The van der Waals surface area contributed by atoms with E-state index in [1.54, 1.807) is 6.07 Å². The van der Waals surface area contributed by atoms with Crippen molar-refractivity contribution in [1.29, 1.82) is 0 Å². The number of aryl methyl sites for hydroxylation is 1. The summed E-state index contributed by atoms with van der Waals surface area (Å²) in [6.45, 7) is 5.74. The number of hydrogen-bond donors (Lipinski definition) is 1. The van der Waals surface area contributed by atoms with Gasteiger partial charge in [-0.25, -0.2) is 0 Å². The minimum Gasteiger partial charge on any atom is -0.324 e. The highest BCUT2D eigenvalue weighted by molar-refractivity contribution is 7.14. The molecule has 176 valence electrons. The molecule has 34 heavy (non-hydrogen) atoms. The first-order chi connectivity index (χ1) is 16.4. The number of anilines is 1. The molecule has 3 aromatic rings. The maximum absolute atomic E-state index is 13.3. The van der Waals surface area contributed by atoms with Crippen molar-refractivity contribution < 1.29 is 9.59 Å². The van der Waals surface area contributed by atoms with Crippen molar-refractivity contribution >= 4 is 28.7 Å². The Balaban J connectivity index is 1.27. The highest BCUT2D eigenvalue weighted by Gasteiger charge is 2.54. The smallest absolute Gasteiger partial charge is 0.244 e. The fourth-order valence-electron chi connectivity index (χ4n) is 4.47. The van der Waals surface area contributed by atoms with Gasteiger partial charge in [-0.3, -0.25) is 14.5 Å². The normalized spacial score (nSPS) is 17.9. The van der Waals surface area contributed by atoms with Crippen molar-refractivity contribution in [2.75, 3.05) is 38.5 Å². The van der Waals surface area contributed by atoms with E-state index in [0.29, 0.717) is 16.3 Å². The van der Waals surface area contributed by atoms with Crippen LogP contribution in [0, 0.1) is 6.92 Å². The molecule has 1 N–H and O–H groups in total. The van der Waals surface area contributed by atoms with Crippen LogP contribution in [0.2, 0.25) is 0 Å². The Hall–Kier alpha value is -2.94. The summed E-state index contributed by atoms with van der Waals surface area (Å²) in [4.78, 5) is 30.9. The van der Waals surface area contributed by atoms with Gasteiger partial charge in [0.25, 0.3) is 0 Å². The van der Waals surface area contributed by atoms with Gasteiger partial charge in [0, 0.05) is 43.0 Å². The molecule has 2 fully saturated rings. The van der Waals surface area contributed by atoms with Crippen LogP contribution >= 0.6 is 11.3 Å². The number of nitrogens with zero attached hydrogens (tertiary/aromatic N) is 4. The Kier molecular flexibility index (Phi) is 6.29. The van der Waals surface area contributed by atoms with Gasteiger partial charge in [-0.15, -0.1) is 10.2 Å². The molecule has 1 saturated carbocycles. The minimum absolute atomic E-state index is 0.0357. The first-order valence-electron chi connectivity index (χ1n) is 11.7. The second-order valence-electron chi connectivity index (χ2n) is 9.27. The van der Waals surface area contributed by atoms with Gasteiger partial charge in [-0.2, -0.15) is 0 Å². The van der Waals surface area contributed by atoms with Crippen molar-refractivity contribution in [3.05, 3.63) is 64.7 Å². The van der Waals surface area contributed by atoms with E-state index < -0.39 is 5.54 Å². The van der Waals surface area contributed by atoms with Crippen LogP contribution < -0.4 is 5.32 Å². The largest absolute Gasteiger partial charge is 0.324 e. The number of nitrogens with one attached hydrogen (secondary N) is 1. The van der Waals surface area contributed by atoms with Crippen LogP contribution in [0.3, 0.4) is 0 Å². The lowest BCUT2D eigenvalue weighted by atomic mass is 10.0. The van der Waals surface area contributed by atoms with Crippen molar-refractivity contribution in [1.82, 2.24) is 20.0 Å². The second kappa shape index (κ2) is 9.37. The number of piperazine rings is 1. The molecule has 1 saturated heterocycles. The van der Waals surface area contributed by atoms with Gasteiger partial charge in [-0.05, 0) is 38.4 Å². The van der Waals surface area contributed by atoms with Crippen LogP contribution in [-0.4, -0.2) is 70.5 Å². The Labute approximate surface area is 203 Å². The summed E-state index contributed by atoms with van der Waals surface area (Å²) >= 11 is 1.43. The Bertz CT molecular complexity index is 1200. The van der Waals surface area contributed by atoms with Crippen LogP contribution in [0.25, 0.3) is 10.6 Å². The Morgan fingerprint density at radius 3 is 2.47 bits per heavy atom. The van der Waals surface area contributed by atoms with Crippen LogP contribution in [0.4, 0.5) is 5.69 Å². The maximum Gasteiger partial charge on any atom is 0.244 e. The molecule has 2 aromatic carbocycles. The van der Waals surface area contributed by atoms with E-state index in [1.165, 1.54) is 11.3 Å². The summed E-state index contributed by atoms with van der Waals surface area (Å²) in [5.74, 6) is 0.00726. The van der Waals surface area contributed by atoms with Gasteiger partial charge in [0.15, 0.2) is 5.78 Å². The second-order valence-corrected chi connectivity index (χ2v) is 10.3. The van der Waals surface area contributed by atoms with Crippen molar-refractivity contribution in [2.45, 2.75) is 31.7 Å². The van der Waals surface area contributed by atoms with Gasteiger partial charge < -0.3 is 10.2 Å². The number of Topliss-reactive ketones (excluding diaryl/α,β-unsaturated/α-hetero) is 1. The average molecular weight is 476 g/mol. The number of ketones is 1. The molecule has 1 aromatic heterocycles. The molecule has 0 spiro atoms. The summed E-state index contributed by atoms with van der Waals surface area (Å²) in [5.41, 5.74) is 2.82. The van der Waals surface area contributed by atoms with E-state index in [1.807, 2.05) is 49.4 Å². The molecule has 2 heterocycles. The van der Waals surface area contributed by atoms with E-state index in [-0.39, 0.29) is 18.1 Å². The molecular formula is C26H29N5O2S. The zero-order chi connectivity index (χ0) is 23.7. The van der Waals surface area contributed by atoms with Gasteiger partial charge in [0.05, 0.1) is 6.42 Å². The number of likely N-dealkylation sites (N-methyl/N-ethyl adjacent to an activating group) is 1. The monoisotopic (exact) mass is 475 g/mol. The Morgan fingerprint density at radius 2 is 1.76 bits per heavy atom. The molecule has 0 radical (unpaired) electrons. The highest BCUT2D eigenvalue weighted by Crippen LogP contribution is 2.43. The van der Waals surface area contributed by atoms with Crippen LogP contribution in [0.1, 0.15) is 33.8 Å². The predicted molar refractivity (Wildman–Crippen MR) is 134 cm³/mol. The standard InChI is InChI=1S/C26H29N5O2S/c1-18-8-9-20(22(32)17-23-28-29-24(34-23)19-6-4-3-5-7-19)16-21(18)27-25(33)26(10-11-26)31-14-12-30(2)13-15-31/h3-9,16H,10-15,17H2,1-2H3,(H,27,33). The minimum atomic E-state index is -0.395. The summed E-state index contributed by atoms with van der Waals surface area (Å²) in [7, 11) is 2.12. The summed E-state index contributed by atoms with van der Waals surface area (Å²) in [6.07, 6.45) is 1.97. The summed E-state index contributed by atoms with van der Waals surface area (Å²) in [5, 5.41) is 13.1. The SMILES string of the molecule is Cc1ccc(C(=O)Cc2nnc(-c3ccccc3)s2)cc1NC(=O)C1(N2CCN(C)CC2)CC1. The van der Waals surface area contributed by atoms with Gasteiger partial charge in [0.2, 0.25) is 5.91 Å². The number of hydrogen-bond acceptors (Lipinski definition) is 7. The first-order valence-corrected chi connectivity index (χ1v) is 12.5. The zero-order valence-corrected chi connectivity index (χ0v) is 20.4. The number of benzene rings is 2.